The number of benzene rings is 1. The van der Waals surface area contributed by atoms with Gasteiger partial charge in [0.05, 0.1) is 7.11 Å². The molecule has 1 aliphatic heterocycles. The first-order chi connectivity index (χ1) is 11.3. The Bertz CT molecular complexity index is 658. The van der Waals surface area contributed by atoms with E-state index in [1.54, 1.807) is 13.2 Å². The van der Waals surface area contributed by atoms with Crippen molar-refractivity contribution in [2.24, 2.45) is 0 Å². The lowest BCUT2D eigenvalue weighted by atomic mass is 9.87. The number of ether oxygens (including phenoxy) is 4. The number of fused-ring (bicyclic) bond motifs is 1. The van der Waals surface area contributed by atoms with Gasteiger partial charge in [0.1, 0.15) is 17.1 Å². The summed E-state index contributed by atoms with van der Waals surface area (Å²) in [5.41, 5.74) is 3.74. The normalized spacial score (nSPS) is 15.8. The summed E-state index contributed by atoms with van der Waals surface area (Å²) in [6.45, 7) is 8.31. The zero-order chi connectivity index (χ0) is 17.9. The fourth-order valence-corrected chi connectivity index (χ4v) is 2.94. The molecule has 5 nitrogen and oxygen atoms in total. The summed E-state index contributed by atoms with van der Waals surface area (Å²) in [5.74, 6) is 1.19. The lowest BCUT2D eigenvalue weighted by molar-refractivity contribution is -0.134. The van der Waals surface area contributed by atoms with E-state index >= 15 is 0 Å². The Morgan fingerprint density at radius 3 is 2.58 bits per heavy atom. The molecule has 0 N–H and O–H groups in total. The molecule has 0 aliphatic carbocycles. The number of hydrogen-bond donors (Lipinski definition) is 0. The summed E-state index contributed by atoms with van der Waals surface area (Å²) < 4.78 is 21.8. The van der Waals surface area contributed by atoms with Crippen LogP contribution >= 0.6 is 0 Å². The third kappa shape index (κ3) is 3.73. The minimum Gasteiger partial charge on any atom is -0.487 e. The quantitative estimate of drug-likeness (QED) is 0.468. The molecule has 0 bridgehead atoms. The summed E-state index contributed by atoms with van der Waals surface area (Å²) in [4.78, 5) is 11.5. The van der Waals surface area contributed by atoms with E-state index in [-0.39, 0.29) is 12.4 Å². The van der Waals surface area contributed by atoms with Gasteiger partial charge in [0, 0.05) is 29.9 Å². The average Bonchev–Trinajstić information content (AvgIpc) is 2.54. The second-order valence-corrected chi connectivity index (χ2v) is 6.57. The van der Waals surface area contributed by atoms with Gasteiger partial charge < -0.3 is 18.9 Å². The van der Waals surface area contributed by atoms with E-state index in [1.165, 1.54) is 13.2 Å². The molecule has 0 unspecified atom stereocenters. The molecule has 1 aliphatic rings. The molecule has 0 spiro atoms. The number of esters is 1. The van der Waals surface area contributed by atoms with Crippen LogP contribution in [0.2, 0.25) is 0 Å². The average molecular weight is 334 g/mol. The van der Waals surface area contributed by atoms with Crippen molar-refractivity contribution >= 4 is 12.0 Å². The maximum absolute atomic E-state index is 11.5. The number of methoxy groups -OCH3 is 2. The van der Waals surface area contributed by atoms with Gasteiger partial charge in [0.2, 0.25) is 0 Å². The highest BCUT2D eigenvalue weighted by molar-refractivity contribution is 5.88. The van der Waals surface area contributed by atoms with Crippen LogP contribution in [-0.4, -0.2) is 32.6 Å². The van der Waals surface area contributed by atoms with Crippen molar-refractivity contribution in [3.8, 4) is 11.5 Å². The predicted molar refractivity (Wildman–Crippen MR) is 92.5 cm³/mol. The Morgan fingerprint density at radius 2 is 1.96 bits per heavy atom. The Balaban J connectivity index is 2.59. The molecule has 0 saturated heterocycles. The third-order valence-electron chi connectivity index (χ3n) is 4.32. The van der Waals surface area contributed by atoms with E-state index in [0.29, 0.717) is 0 Å². The maximum atomic E-state index is 11.5. The number of carbonyl (C=O) groups excluding carboxylic acids is 1. The van der Waals surface area contributed by atoms with Crippen LogP contribution in [0.25, 0.3) is 6.08 Å². The molecule has 1 aromatic rings. The van der Waals surface area contributed by atoms with E-state index in [0.717, 1.165) is 46.6 Å². The van der Waals surface area contributed by atoms with Gasteiger partial charge in [0.25, 0.3) is 0 Å². The van der Waals surface area contributed by atoms with Crippen molar-refractivity contribution in [2.45, 2.75) is 46.1 Å². The maximum Gasteiger partial charge on any atom is 0.330 e. The van der Waals surface area contributed by atoms with Crippen LogP contribution in [0.4, 0.5) is 0 Å². The van der Waals surface area contributed by atoms with Crippen LogP contribution in [0.5, 0.6) is 11.5 Å². The predicted octanol–water partition coefficient (Wildman–Crippen LogP) is 3.58. The second-order valence-electron chi connectivity index (χ2n) is 6.57. The highest BCUT2D eigenvalue weighted by Gasteiger charge is 2.31. The van der Waals surface area contributed by atoms with E-state index in [1.807, 2.05) is 13.8 Å². The molecule has 0 amide bonds. The molecule has 0 aromatic heterocycles. The largest absolute Gasteiger partial charge is 0.487 e. The summed E-state index contributed by atoms with van der Waals surface area (Å²) >= 11 is 0. The molecule has 1 aromatic carbocycles. The summed E-state index contributed by atoms with van der Waals surface area (Å²) in [6.07, 6.45) is 4.98. The summed E-state index contributed by atoms with van der Waals surface area (Å²) in [7, 11) is 2.93. The highest BCUT2D eigenvalue weighted by atomic mass is 16.7. The number of hydrogen-bond acceptors (Lipinski definition) is 5. The fourth-order valence-electron chi connectivity index (χ4n) is 2.94. The lowest BCUT2D eigenvalue weighted by Crippen LogP contribution is -2.33. The molecule has 5 heteroatoms. The standard InChI is InChI=1S/C19H26O5/c1-12-15-9-10-19(3,4)24-18(15)13(2)14(7-8-16(20)22-6)17(12)23-11-21-5/h7-8H,9-11H2,1-6H3/b8-7+. The summed E-state index contributed by atoms with van der Waals surface area (Å²) in [5, 5.41) is 0. The van der Waals surface area contributed by atoms with Gasteiger partial charge in [-0.15, -0.1) is 0 Å². The molecule has 0 saturated carbocycles. The zero-order valence-corrected chi connectivity index (χ0v) is 15.3. The first-order valence-electron chi connectivity index (χ1n) is 8.03. The molecule has 0 fully saturated rings. The van der Waals surface area contributed by atoms with Crippen molar-refractivity contribution in [1.82, 2.24) is 0 Å². The van der Waals surface area contributed by atoms with Crippen molar-refractivity contribution in [3.63, 3.8) is 0 Å². The molecule has 2 rings (SSSR count). The van der Waals surface area contributed by atoms with Crippen LogP contribution in [-0.2, 0) is 20.7 Å². The van der Waals surface area contributed by atoms with Gasteiger partial charge in [-0.3, -0.25) is 0 Å². The van der Waals surface area contributed by atoms with Gasteiger partial charge >= 0.3 is 5.97 Å². The van der Waals surface area contributed by atoms with Gasteiger partial charge in [-0.25, -0.2) is 4.79 Å². The first kappa shape index (κ1) is 18.3. The Hall–Kier alpha value is -2.01. The Kier molecular flexibility index (Phi) is 5.54. The Labute approximate surface area is 143 Å². The third-order valence-corrected chi connectivity index (χ3v) is 4.32. The second kappa shape index (κ2) is 7.26. The lowest BCUT2D eigenvalue weighted by Gasteiger charge is -2.35. The summed E-state index contributed by atoms with van der Waals surface area (Å²) in [6, 6.07) is 0. The number of rotatable bonds is 5. The molecule has 0 atom stereocenters. The SMILES string of the molecule is COCOc1c(C)c2c(c(C)c1/C=C/C(=O)OC)OC(C)(C)CC2. The van der Waals surface area contributed by atoms with Crippen LogP contribution in [0.1, 0.15) is 42.5 Å². The molecule has 1 heterocycles. The van der Waals surface area contributed by atoms with Gasteiger partial charge in [-0.05, 0) is 52.2 Å². The van der Waals surface area contributed by atoms with Crippen LogP contribution in [0.3, 0.4) is 0 Å². The minimum atomic E-state index is -0.413. The highest BCUT2D eigenvalue weighted by Crippen LogP contribution is 2.44. The van der Waals surface area contributed by atoms with Crippen molar-refractivity contribution in [2.75, 3.05) is 21.0 Å². The molecule has 0 radical (unpaired) electrons. The minimum absolute atomic E-state index is 0.143. The van der Waals surface area contributed by atoms with E-state index in [9.17, 15) is 4.79 Å². The van der Waals surface area contributed by atoms with Crippen molar-refractivity contribution < 1.29 is 23.7 Å². The number of carbonyl (C=O) groups is 1. The van der Waals surface area contributed by atoms with Crippen LogP contribution < -0.4 is 9.47 Å². The van der Waals surface area contributed by atoms with E-state index < -0.39 is 5.97 Å². The molecular formula is C19H26O5. The van der Waals surface area contributed by atoms with E-state index in [2.05, 4.69) is 18.6 Å². The molecule has 24 heavy (non-hydrogen) atoms. The molecular weight excluding hydrogens is 308 g/mol. The zero-order valence-electron chi connectivity index (χ0n) is 15.3. The topological polar surface area (TPSA) is 54.0 Å². The van der Waals surface area contributed by atoms with Gasteiger partial charge in [-0.2, -0.15) is 0 Å². The van der Waals surface area contributed by atoms with Crippen molar-refractivity contribution in [3.05, 3.63) is 28.3 Å². The van der Waals surface area contributed by atoms with Gasteiger partial charge in [-0.1, -0.05) is 0 Å². The fraction of sp³-hybridized carbons (Fsp3) is 0.526. The molecule has 132 valence electrons. The van der Waals surface area contributed by atoms with Crippen LogP contribution in [0, 0.1) is 13.8 Å². The smallest absolute Gasteiger partial charge is 0.330 e. The monoisotopic (exact) mass is 334 g/mol. The Morgan fingerprint density at radius 1 is 1.25 bits per heavy atom. The first-order valence-corrected chi connectivity index (χ1v) is 8.03. The van der Waals surface area contributed by atoms with Gasteiger partial charge in [0.15, 0.2) is 6.79 Å². The van der Waals surface area contributed by atoms with Crippen molar-refractivity contribution in [1.29, 1.82) is 0 Å². The van der Waals surface area contributed by atoms with Crippen LogP contribution in [0.15, 0.2) is 6.08 Å². The van der Waals surface area contributed by atoms with E-state index in [4.69, 9.17) is 14.2 Å².